The van der Waals surface area contributed by atoms with Crippen LogP contribution in [0, 0.1) is 0 Å². The van der Waals surface area contributed by atoms with Gasteiger partial charge in [-0.25, -0.2) is 9.59 Å². The topological polar surface area (TPSA) is 130 Å². The summed E-state index contributed by atoms with van der Waals surface area (Å²) in [5, 5.41) is 6.41. The molecule has 0 unspecified atom stereocenters. The number of nitrogens with zero attached hydrogens (tertiary/aromatic N) is 3. The van der Waals surface area contributed by atoms with Gasteiger partial charge in [-0.3, -0.25) is 14.6 Å². The molecule has 0 spiro atoms. The molecule has 1 aromatic heterocycles. The van der Waals surface area contributed by atoms with E-state index in [1.54, 1.807) is 67.8 Å². The molecule has 2 aromatic rings. The number of ether oxygens (including phenoxy) is 2. The summed E-state index contributed by atoms with van der Waals surface area (Å²) in [6.45, 7) is 12.0. The highest BCUT2D eigenvalue weighted by Gasteiger charge is 2.34. The highest BCUT2D eigenvalue weighted by atomic mass is 16.6. The largest absolute Gasteiger partial charge is 0.444 e. The van der Waals surface area contributed by atoms with E-state index in [2.05, 4.69) is 15.6 Å². The molecule has 0 atom stereocenters. The fourth-order valence-electron chi connectivity index (χ4n) is 3.99. The van der Waals surface area contributed by atoms with E-state index in [0.717, 1.165) is 0 Å². The van der Waals surface area contributed by atoms with Crippen molar-refractivity contribution in [3.05, 3.63) is 52.8 Å². The van der Waals surface area contributed by atoms with Gasteiger partial charge in [-0.1, -0.05) is 0 Å². The van der Waals surface area contributed by atoms with Gasteiger partial charge in [-0.05, 0) is 59.7 Å². The second-order valence-electron chi connectivity index (χ2n) is 11.6. The smallest absolute Gasteiger partial charge is 0.410 e. The molecule has 0 fully saturated rings. The van der Waals surface area contributed by atoms with E-state index in [1.807, 2.05) is 0 Å². The first kappa shape index (κ1) is 30.4. The van der Waals surface area contributed by atoms with Crippen molar-refractivity contribution in [2.24, 2.45) is 0 Å². The first-order valence-electron chi connectivity index (χ1n) is 13.2. The lowest BCUT2D eigenvalue weighted by atomic mass is 9.83. The van der Waals surface area contributed by atoms with Crippen molar-refractivity contribution in [1.29, 1.82) is 0 Å². The van der Waals surface area contributed by atoms with Crippen LogP contribution in [0.3, 0.4) is 0 Å². The summed E-state index contributed by atoms with van der Waals surface area (Å²) in [6, 6.07) is 4.98. The summed E-state index contributed by atoms with van der Waals surface area (Å²) in [5.74, 6) is -0.625. The maximum Gasteiger partial charge on any atom is 0.410 e. The molecule has 1 aliphatic rings. The maximum atomic E-state index is 13.6. The molecular formula is C29H39N5O6. The monoisotopic (exact) mass is 553 g/mol. The number of carbonyl (C=O) groups is 4. The number of hydrogen-bond acceptors (Lipinski definition) is 9. The number of rotatable bonds is 8. The zero-order valence-corrected chi connectivity index (χ0v) is 24.5. The Morgan fingerprint density at radius 2 is 1.18 bits per heavy atom. The normalized spacial score (nSPS) is 12.7. The van der Waals surface area contributed by atoms with E-state index in [9.17, 15) is 19.2 Å². The molecule has 1 aliphatic carbocycles. The van der Waals surface area contributed by atoms with Crippen molar-refractivity contribution in [2.45, 2.75) is 52.7 Å². The van der Waals surface area contributed by atoms with Crippen LogP contribution in [-0.2, 0) is 9.47 Å². The summed E-state index contributed by atoms with van der Waals surface area (Å²) in [4.78, 5) is 58.7. The number of aromatic nitrogens is 1. The summed E-state index contributed by atoms with van der Waals surface area (Å²) in [5.41, 5.74) is 0.708. The molecule has 11 heteroatoms. The van der Waals surface area contributed by atoms with Crippen molar-refractivity contribution < 1.29 is 28.7 Å². The Morgan fingerprint density at radius 3 is 1.60 bits per heavy atom. The van der Waals surface area contributed by atoms with E-state index in [1.165, 1.54) is 28.3 Å². The first-order valence-corrected chi connectivity index (χ1v) is 13.2. The number of pyridine rings is 1. The van der Waals surface area contributed by atoms with Gasteiger partial charge < -0.3 is 29.9 Å². The second-order valence-corrected chi connectivity index (χ2v) is 11.6. The Kier molecular flexibility index (Phi) is 9.07. The fraction of sp³-hybridized carbons (Fsp3) is 0.483. The van der Waals surface area contributed by atoms with Gasteiger partial charge in [-0.15, -0.1) is 0 Å². The van der Waals surface area contributed by atoms with Gasteiger partial charge in [0.05, 0.1) is 16.7 Å². The van der Waals surface area contributed by atoms with Gasteiger partial charge in [0, 0.05) is 69.6 Å². The Balaban J connectivity index is 1.81. The highest BCUT2D eigenvalue weighted by molar-refractivity contribution is 6.31. The Labute approximate surface area is 235 Å². The molecule has 1 aromatic carbocycles. The predicted molar refractivity (Wildman–Crippen MR) is 152 cm³/mol. The lowest BCUT2D eigenvalue weighted by Crippen LogP contribution is -2.37. The van der Waals surface area contributed by atoms with E-state index < -0.39 is 23.4 Å². The van der Waals surface area contributed by atoms with Crippen molar-refractivity contribution in [3.63, 3.8) is 0 Å². The molecule has 0 saturated heterocycles. The standard InChI is InChI=1S/C29H39N5O6/c1-28(2,3)39-26(37)33(7)15-13-31-20-9-10-21(32-14-16-34(8)27(38)40-29(4,5)6)23-22(20)24(35)18-11-12-30-17-19(18)25(23)36/h9-12,17,31-32H,13-16H2,1-8H3. The number of anilines is 2. The van der Waals surface area contributed by atoms with Crippen molar-refractivity contribution in [2.75, 3.05) is 50.9 Å². The van der Waals surface area contributed by atoms with E-state index in [-0.39, 0.29) is 33.8 Å². The molecule has 2 amide bonds. The quantitative estimate of drug-likeness (QED) is 0.416. The Bertz CT molecular complexity index is 1200. The average Bonchev–Trinajstić information content (AvgIpc) is 2.85. The predicted octanol–water partition coefficient (Wildman–Crippen LogP) is 4.41. The van der Waals surface area contributed by atoms with E-state index in [0.29, 0.717) is 37.6 Å². The molecule has 0 aliphatic heterocycles. The zero-order chi connectivity index (χ0) is 29.8. The molecule has 40 heavy (non-hydrogen) atoms. The third kappa shape index (κ3) is 7.49. The molecule has 0 saturated carbocycles. The summed E-state index contributed by atoms with van der Waals surface area (Å²) in [6.07, 6.45) is 1.96. The van der Waals surface area contributed by atoms with Gasteiger partial charge in [-0.2, -0.15) is 0 Å². The van der Waals surface area contributed by atoms with Crippen LogP contribution in [0.4, 0.5) is 21.0 Å². The van der Waals surface area contributed by atoms with Gasteiger partial charge in [0.25, 0.3) is 0 Å². The summed E-state index contributed by atoms with van der Waals surface area (Å²) in [7, 11) is 3.26. The molecule has 0 radical (unpaired) electrons. The van der Waals surface area contributed by atoms with Gasteiger partial charge in [0.15, 0.2) is 11.6 Å². The minimum absolute atomic E-state index is 0.232. The van der Waals surface area contributed by atoms with Crippen LogP contribution in [0.25, 0.3) is 0 Å². The molecule has 0 bridgehead atoms. The molecule has 11 nitrogen and oxygen atoms in total. The molecule has 3 rings (SSSR count). The van der Waals surface area contributed by atoms with Crippen LogP contribution in [0.5, 0.6) is 0 Å². The number of fused-ring (bicyclic) bond motifs is 2. The Hall–Kier alpha value is -4.15. The van der Waals surface area contributed by atoms with Crippen LogP contribution in [0.2, 0.25) is 0 Å². The van der Waals surface area contributed by atoms with Crippen molar-refractivity contribution >= 4 is 35.1 Å². The van der Waals surface area contributed by atoms with Crippen LogP contribution in [-0.4, -0.2) is 90.0 Å². The minimum atomic E-state index is -0.614. The van der Waals surface area contributed by atoms with Gasteiger partial charge in [0.1, 0.15) is 11.2 Å². The number of ketones is 2. The average molecular weight is 554 g/mol. The van der Waals surface area contributed by atoms with Crippen molar-refractivity contribution in [3.8, 4) is 0 Å². The third-order valence-corrected chi connectivity index (χ3v) is 5.91. The lowest BCUT2D eigenvalue weighted by molar-refractivity contribution is 0.0295. The number of nitrogens with one attached hydrogen (secondary N) is 2. The van der Waals surface area contributed by atoms with Crippen molar-refractivity contribution in [1.82, 2.24) is 14.8 Å². The lowest BCUT2D eigenvalue weighted by Gasteiger charge is -2.26. The molecule has 216 valence electrons. The Morgan fingerprint density at radius 1 is 0.750 bits per heavy atom. The fourth-order valence-corrected chi connectivity index (χ4v) is 3.99. The van der Waals surface area contributed by atoms with E-state index >= 15 is 0 Å². The van der Waals surface area contributed by atoms with Crippen LogP contribution < -0.4 is 10.6 Å². The summed E-state index contributed by atoms with van der Waals surface area (Å²) < 4.78 is 10.8. The highest BCUT2D eigenvalue weighted by Crippen LogP contribution is 2.36. The number of benzene rings is 1. The third-order valence-electron chi connectivity index (χ3n) is 5.91. The van der Waals surface area contributed by atoms with Crippen LogP contribution >= 0.6 is 0 Å². The van der Waals surface area contributed by atoms with Crippen LogP contribution in [0.15, 0.2) is 30.6 Å². The molecule has 2 N–H and O–H groups in total. The number of carbonyl (C=O) groups excluding carboxylic acids is 4. The maximum absolute atomic E-state index is 13.6. The van der Waals surface area contributed by atoms with Gasteiger partial charge >= 0.3 is 12.2 Å². The molecule has 1 heterocycles. The zero-order valence-electron chi connectivity index (χ0n) is 24.5. The minimum Gasteiger partial charge on any atom is -0.444 e. The van der Waals surface area contributed by atoms with Gasteiger partial charge in [0.2, 0.25) is 0 Å². The van der Waals surface area contributed by atoms with Crippen LogP contribution in [0.1, 0.15) is 73.4 Å². The first-order chi connectivity index (χ1) is 18.6. The number of amides is 2. The number of hydrogen-bond donors (Lipinski definition) is 2. The second kappa shape index (κ2) is 11.9. The molecular weight excluding hydrogens is 514 g/mol. The number of likely N-dealkylation sites (N-methyl/N-ethyl adjacent to an activating group) is 2. The SMILES string of the molecule is CN(CCNc1ccc(NCCN(C)C(=O)OC(C)(C)C)c2c1C(=O)c1ccncc1C2=O)C(=O)OC(C)(C)C. The summed E-state index contributed by atoms with van der Waals surface area (Å²) >= 11 is 0. The van der Waals surface area contributed by atoms with E-state index in [4.69, 9.17) is 9.47 Å².